The van der Waals surface area contributed by atoms with Gasteiger partial charge in [-0.3, -0.25) is 4.79 Å². The van der Waals surface area contributed by atoms with E-state index in [1.54, 1.807) is 34.8 Å². The maximum atomic E-state index is 13.5. The zero-order valence-electron chi connectivity index (χ0n) is 19.2. The Balaban J connectivity index is 1.42. The highest BCUT2D eigenvalue weighted by Crippen LogP contribution is 2.33. The van der Waals surface area contributed by atoms with Gasteiger partial charge in [-0.05, 0) is 69.6 Å². The highest BCUT2D eigenvalue weighted by Gasteiger charge is 2.37. The molecule has 184 valence electrons. The first-order valence-electron chi connectivity index (χ1n) is 12.2. The summed E-state index contributed by atoms with van der Waals surface area (Å²) < 4.78 is 35.3. The molecule has 3 heterocycles. The topological polar surface area (TPSA) is 84.7 Å². The van der Waals surface area contributed by atoms with Crippen LogP contribution in [0.4, 0.5) is 5.69 Å². The number of aromatic nitrogens is 2. The third kappa shape index (κ3) is 4.70. The van der Waals surface area contributed by atoms with Crippen LogP contribution in [-0.2, 0) is 10.0 Å². The molecule has 3 fully saturated rings. The van der Waals surface area contributed by atoms with Crippen molar-refractivity contribution in [2.75, 3.05) is 31.1 Å². The average molecular weight is 507 g/mol. The zero-order valence-corrected chi connectivity index (χ0v) is 20.8. The van der Waals surface area contributed by atoms with Gasteiger partial charge in [0.15, 0.2) is 0 Å². The number of benzene rings is 1. The third-order valence-corrected chi connectivity index (χ3v) is 9.82. The highest BCUT2D eigenvalue weighted by molar-refractivity contribution is 7.89. The number of rotatable bonds is 6. The first-order valence-corrected chi connectivity index (χ1v) is 14.1. The van der Waals surface area contributed by atoms with Crippen LogP contribution in [0.2, 0.25) is 5.02 Å². The van der Waals surface area contributed by atoms with Crippen molar-refractivity contribution in [2.24, 2.45) is 0 Å². The molecule has 0 spiro atoms. The van der Waals surface area contributed by atoms with E-state index in [1.807, 2.05) is 0 Å². The van der Waals surface area contributed by atoms with Crippen molar-refractivity contribution in [2.45, 2.75) is 62.7 Å². The van der Waals surface area contributed by atoms with Crippen LogP contribution >= 0.6 is 11.6 Å². The van der Waals surface area contributed by atoms with Gasteiger partial charge in [0, 0.05) is 31.2 Å². The number of hydrogen-bond acceptors (Lipinski definition) is 6. The summed E-state index contributed by atoms with van der Waals surface area (Å²) >= 11 is 6.14. The number of hydrogen-bond donors (Lipinski definition) is 0. The second-order valence-corrected chi connectivity index (χ2v) is 12.1. The van der Waals surface area contributed by atoms with Gasteiger partial charge in [-0.15, -0.1) is 0 Å². The van der Waals surface area contributed by atoms with Gasteiger partial charge < -0.3 is 9.64 Å². The molecule has 1 aromatic heterocycles. The van der Waals surface area contributed by atoms with Crippen molar-refractivity contribution in [1.82, 2.24) is 14.1 Å². The Morgan fingerprint density at radius 3 is 2.35 bits per heavy atom. The predicted octanol–water partition coefficient (Wildman–Crippen LogP) is 3.60. The number of sulfonamides is 1. The van der Waals surface area contributed by atoms with Crippen LogP contribution < -0.4 is 15.2 Å². The van der Waals surface area contributed by atoms with E-state index >= 15 is 0 Å². The fraction of sp³-hybridized carbons (Fsp3) is 0.583. The SMILES string of the molecule is O=c1c(OC2CCCC2)c(N2CCC(S(=O)(=O)N3CCCC3)CC2)cnn1-c1cccc(Cl)c1. The van der Waals surface area contributed by atoms with E-state index in [-0.39, 0.29) is 16.9 Å². The minimum Gasteiger partial charge on any atom is -0.483 e. The Morgan fingerprint density at radius 2 is 1.68 bits per heavy atom. The van der Waals surface area contributed by atoms with Crippen molar-refractivity contribution < 1.29 is 13.2 Å². The Labute approximate surface area is 205 Å². The summed E-state index contributed by atoms with van der Waals surface area (Å²) in [4.78, 5) is 15.6. The fourth-order valence-corrected chi connectivity index (χ4v) is 7.46. The lowest BCUT2D eigenvalue weighted by Crippen LogP contribution is -2.45. The number of ether oxygens (including phenoxy) is 1. The Morgan fingerprint density at radius 1 is 0.971 bits per heavy atom. The minimum atomic E-state index is -3.27. The van der Waals surface area contributed by atoms with E-state index in [9.17, 15) is 13.2 Å². The monoisotopic (exact) mass is 506 g/mol. The quantitative estimate of drug-likeness (QED) is 0.595. The van der Waals surface area contributed by atoms with Gasteiger partial charge in [0.05, 0.1) is 23.2 Å². The molecule has 2 saturated heterocycles. The molecule has 0 amide bonds. The summed E-state index contributed by atoms with van der Waals surface area (Å²) in [5, 5.41) is 4.58. The first-order chi connectivity index (χ1) is 16.4. The van der Waals surface area contributed by atoms with E-state index in [0.29, 0.717) is 61.2 Å². The molecule has 0 bridgehead atoms. The van der Waals surface area contributed by atoms with Gasteiger partial charge in [-0.2, -0.15) is 9.78 Å². The van der Waals surface area contributed by atoms with Crippen LogP contribution in [0.5, 0.6) is 5.75 Å². The molecule has 1 aliphatic carbocycles. The maximum Gasteiger partial charge on any atom is 0.316 e. The summed E-state index contributed by atoms with van der Waals surface area (Å²) in [6.07, 6.45) is 8.64. The van der Waals surface area contributed by atoms with E-state index in [2.05, 4.69) is 10.00 Å². The van der Waals surface area contributed by atoms with E-state index in [4.69, 9.17) is 16.3 Å². The molecule has 2 aromatic rings. The van der Waals surface area contributed by atoms with Gasteiger partial charge in [0.25, 0.3) is 0 Å². The minimum absolute atomic E-state index is 0.00902. The number of piperidine rings is 1. The number of anilines is 1. The number of halogens is 1. The molecule has 0 N–H and O–H groups in total. The summed E-state index contributed by atoms with van der Waals surface area (Å²) in [6, 6.07) is 7.02. The van der Waals surface area contributed by atoms with Gasteiger partial charge in [-0.1, -0.05) is 17.7 Å². The molecular weight excluding hydrogens is 476 g/mol. The molecule has 0 atom stereocenters. The summed E-state index contributed by atoms with van der Waals surface area (Å²) in [6.45, 7) is 2.35. The van der Waals surface area contributed by atoms with Gasteiger partial charge in [0.1, 0.15) is 5.69 Å². The van der Waals surface area contributed by atoms with Crippen LogP contribution in [-0.4, -0.2) is 60.0 Å². The average Bonchev–Trinajstić information content (AvgIpc) is 3.55. The molecule has 8 nitrogen and oxygen atoms in total. The molecule has 3 aliphatic rings. The Kier molecular flexibility index (Phi) is 6.86. The first kappa shape index (κ1) is 23.6. The van der Waals surface area contributed by atoms with Crippen LogP contribution in [0.3, 0.4) is 0 Å². The molecule has 1 saturated carbocycles. The number of nitrogens with zero attached hydrogens (tertiary/aromatic N) is 4. The van der Waals surface area contributed by atoms with Crippen LogP contribution in [0.25, 0.3) is 5.69 Å². The molecule has 0 unspecified atom stereocenters. The van der Waals surface area contributed by atoms with E-state index in [1.165, 1.54) is 4.68 Å². The van der Waals surface area contributed by atoms with Crippen molar-refractivity contribution in [3.8, 4) is 11.4 Å². The van der Waals surface area contributed by atoms with E-state index < -0.39 is 10.0 Å². The molecule has 2 aliphatic heterocycles. The van der Waals surface area contributed by atoms with Crippen LogP contribution in [0.15, 0.2) is 35.3 Å². The smallest absolute Gasteiger partial charge is 0.316 e. The third-order valence-electron chi connectivity index (χ3n) is 7.18. The van der Waals surface area contributed by atoms with Crippen LogP contribution in [0, 0.1) is 0 Å². The van der Waals surface area contributed by atoms with Gasteiger partial charge in [-0.25, -0.2) is 12.7 Å². The fourth-order valence-electron chi connectivity index (χ4n) is 5.28. The molecule has 1 aromatic carbocycles. The Bertz CT molecular complexity index is 1180. The second-order valence-electron chi connectivity index (χ2n) is 9.42. The zero-order chi connectivity index (χ0) is 23.7. The second kappa shape index (κ2) is 9.87. The summed E-state index contributed by atoms with van der Waals surface area (Å²) in [5.41, 5.74) is 0.904. The van der Waals surface area contributed by atoms with Crippen molar-refractivity contribution in [1.29, 1.82) is 0 Å². The highest BCUT2D eigenvalue weighted by atomic mass is 35.5. The lowest BCUT2D eigenvalue weighted by molar-refractivity contribution is 0.206. The lowest BCUT2D eigenvalue weighted by atomic mass is 10.1. The summed E-state index contributed by atoms with van der Waals surface area (Å²) in [5.74, 6) is 0.294. The van der Waals surface area contributed by atoms with E-state index in [0.717, 1.165) is 38.5 Å². The van der Waals surface area contributed by atoms with Crippen molar-refractivity contribution in [3.63, 3.8) is 0 Å². The standard InChI is InChI=1S/C24H31ClN4O4S/c25-18-6-5-7-19(16-18)29-24(30)23(33-20-8-1-2-9-20)22(17-26-29)27-14-10-21(11-15-27)34(31,32)28-12-3-4-13-28/h5-7,16-17,20-21H,1-4,8-15H2. The molecule has 34 heavy (non-hydrogen) atoms. The molecule has 0 radical (unpaired) electrons. The van der Waals surface area contributed by atoms with Crippen LogP contribution in [0.1, 0.15) is 51.4 Å². The van der Waals surface area contributed by atoms with Crippen molar-refractivity contribution in [3.05, 3.63) is 45.8 Å². The van der Waals surface area contributed by atoms with Gasteiger partial charge >= 0.3 is 5.56 Å². The Hall–Kier alpha value is -2.10. The normalized spacial score (nSPS) is 20.8. The maximum absolute atomic E-state index is 13.5. The predicted molar refractivity (Wildman–Crippen MR) is 133 cm³/mol. The molecule has 10 heteroatoms. The lowest BCUT2D eigenvalue weighted by Gasteiger charge is -2.35. The summed E-state index contributed by atoms with van der Waals surface area (Å²) in [7, 11) is -3.27. The van der Waals surface area contributed by atoms with Gasteiger partial charge in [0.2, 0.25) is 15.8 Å². The molecule has 5 rings (SSSR count). The largest absolute Gasteiger partial charge is 0.483 e. The van der Waals surface area contributed by atoms with Crippen molar-refractivity contribution >= 4 is 27.3 Å². The molecular formula is C24H31ClN4O4S.